The van der Waals surface area contributed by atoms with E-state index in [0.717, 1.165) is 19.3 Å². The van der Waals surface area contributed by atoms with Crippen molar-refractivity contribution in [3.8, 4) is 0 Å². The van der Waals surface area contributed by atoms with Crippen molar-refractivity contribution >= 4 is 17.6 Å². The maximum absolute atomic E-state index is 13.8. The summed E-state index contributed by atoms with van der Waals surface area (Å²) in [5.74, 6) is -1.01. The number of benzene rings is 1. The van der Waals surface area contributed by atoms with Crippen LogP contribution >= 0.6 is 0 Å². The minimum atomic E-state index is -1.34. The fraction of sp³-hybridized carbons (Fsp3) is 0.619. The van der Waals surface area contributed by atoms with Gasteiger partial charge >= 0.3 is 11.9 Å². The van der Waals surface area contributed by atoms with Gasteiger partial charge in [-0.2, -0.15) is 0 Å². The molecule has 2 aliphatic rings. The summed E-state index contributed by atoms with van der Waals surface area (Å²) in [6.45, 7) is 1.68. The van der Waals surface area contributed by atoms with Gasteiger partial charge in [0.15, 0.2) is 6.10 Å². The fourth-order valence-electron chi connectivity index (χ4n) is 3.77. The molecule has 5 atom stereocenters. The van der Waals surface area contributed by atoms with Crippen LogP contribution in [0, 0.1) is 10.1 Å². The molecule has 6 N–H and O–H groups in total. The van der Waals surface area contributed by atoms with Gasteiger partial charge in [0.2, 0.25) is 0 Å². The van der Waals surface area contributed by atoms with E-state index in [1.165, 1.54) is 31.2 Å². The summed E-state index contributed by atoms with van der Waals surface area (Å²) in [4.78, 5) is 32.5. The Hall–Kier alpha value is -2.67. The number of esters is 2. The molecule has 1 saturated heterocycles. The van der Waals surface area contributed by atoms with Crippen molar-refractivity contribution in [1.29, 1.82) is 0 Å². The van der Waals surface area contributed by atoms with Gasteiger partial charge in [-0.25, -0.2) is 9.18 Å². The second kappa shape index (κ2) is 12.5. The molecule has 184 valence electrons. The largest absolute Gasteiger partial charge is 0.462 e. The molecule has 3 rings (SSSR count). The van der Waals surface area contributed by atoms with E-state index in [4.69, 9.17) is 31.4 Å². The van der Waals surface area contributed by atoms with Crippen molar-refractivity contribution in [2.45, 2.75) is 69.2 Å². The molecule has 0 aromatic heterocycles. The van der Waals surface area contributed by atoms with Crippen molar-refractivity contribution in [3.63, 3.8) is 0 Å². The molecule has 1 aromatic carbocycles. The van der Waals surface area contributed by atoms with Crippen LogP contribution in [0.5, 0.6) is 0 Å². The maximum Gasteiger partial charge on any atom is 0.338 e. The van der Waals surface area contributed by atoms with E-state index in [1.54, 1.807) is 0 Å². The Labute approximate surface area is 190 Å². The quantitative estimate of drug-likeness (QED) is 0.318. The topological polar surface area (TPSA) is 183 Å². The van der Waals surface area contributed by atoms with E-state index in [9.17, 15) is 24.1 Å². The Morgan fingerprint density at radius 1 is 1.15 bits per heavy atom. The average Bonchev–Trinajstić information content (AvgIpc) is 2.74. The first-order chi connectivity index (χ1) is 15.6. The normalized spacial score (nSPS) is 29.2. The second-order valence-electron chi connectivity index (χ2n) is 8.08. The Balaban J connectivity index is 0.000000273. The Bertz CT molecular complexity index is 800. The third-order valence-electron chi connectivity index (χ3n) is 5.31. The third-order valence-corrected chi connectivity index (χ3v) is 5.31. The van der Waals surface area contributed by atoms with Crippen molar-refractivity contribution in [2.24, 2.45) is 17.2 Å². The lowest BCUT2D eigenvalue weighted by molar-refractivity contribution is -0.384. The monoisotopic (exact) mass is 470 g/mol. The number of non-ortho nitro benzene ring substituents is 1. The molecule has 2 fully saturated rings. The summed E-state index contributed by atoms with van der Waals surface area (Å²) in [5.41, 5.74) is 16.9. The van der Waals surface area contributed by atoms with Gasteiger partial charge in [0, 0.05) is 44.1 Å². The van der Waals surface area contributed by atoms with E-state index >= 15 is 0 Å². The Kier molecular flexibility index (Phi) is 10.1. The van der Waals surface area contributed by atoms with Gasteiger partial charge in [-0.05, 0) is 31.4 Å². The van der Waals surface area contributed by atoms with Gasteiger partial charge in [-0.1, -0.05) is 0 Å². The predicted molar refractivity (Wildman–Crippen MR) is 116 cm³/mol. The molecule has 1 aliphatic carbocycles. The van der Waals surface area contributed by atoms with Crippen LogP contribution in [0.2, 0.25) is 0 Å². The molecule has 5 unspecified atom stereocenters. The Morgan fingerprint density at radius 2 is 1.76 bits per heavy atom. The van der Waals surface area contributed by atoms with Crippen LogP contribution in [0.25, 0.3) is 0 Å². The van der Waals surface area contributed by atoms with Gasteiger partial charge < -0.3 is 31.4 Å². The van der Waals surface area contributed by atoms with Crippen LogP contribution < -0.4 is 17.2 Å². The van der Waals surface area contributed by atoms with Crippen LogP contribution in [0.1, 0.15) is 43.0 Å². The molecule has 12 heteroatoms. The molecule has 1 saturated carbocycles. The minimum absolute atomic E-state index is 0.0403. The number of rotatable bonds is 5. The highest BCUT2D eigenvalue weighted by atomic mass is 19.1. The van der Waals surface area contributed by atoms with E-state index < -0.39 is 29.3 Å². The summed E-state index contributed by atoms with van der Waals surface area (Å²) in [7, 11) is 0. The minimum Gasteiger partial charge on any atom is -0.462 e. The van der Waals surface area contributed by atoms with Crippen molar-refractivity contribution < 1.29 is 33.1 Å². The molecule has 0 radical (unpaired) electrons. The summed E-state index contributed by atoms with van der Waals surface area (Å²) >= 11 is 0. The van der Waals surface area contributed by atoms with Crippen LogP contribution in [0.15, 0.2) is 24.3 Å². The lowest BCUT2D eigenvalue weighted by atomic mass is 9.90. The summed E-state index contributed by atoms with van der Waals surface area (Å²) in [6, 6.07) is 5.04. The number of carbonyl (C=O) groups is 2. The van der Waals surface area contributed by atoms with E-state index in [-0.39, 0.29) is 55.0 Å². The van der Waals surface area contributed by atoms with E-state index in [0.29, 0.717) is 0 Å². The van der Waals surface area contributed by atoms with Crippen LogP contribution in [-0.2, 0) is 19.0 Å². The molecule has 33 heavy (non-hydrogen) atoms. The zero-order valence-corrected chi connectivity index (χ0v) is 18.4. The SMILES string of the molecule is CC(=O)OC1CC(N)CC(N)C1.NCC1OCCC(F)C1OC(=O)c1ccc([N+](=O)[O-])cc1. The van der Waals surface area contributed by atoms with E-state index in [1.807, 2.05) is 0 Å². The summed E-state index contributed by atoms with van der Waals surface area (Å²) in [6.07, 6.45) is -0.703. The van der Waals surface area contributed by atoms with Crippen LogP contribution in [0.4, 0.5) is 10.1 Å². The molecule has 0 amide bonds. The number of hydrogen-bond acceptors (Lipinski definition) is 10. The first kappa shape index (κ1) is 26.6. The van der Waals surface area contributed by atoms with Gasteiger partial charge in [-0.3, -0.25) is 14.9 Å². The lowest BCUT2D eigenvalue weighted by Gasteiger charge is -2.33. The lowest BCUT2D eigenvalue weighted by Crippen LogP contribution is -2.48. The van der Waals surface area contributed by atoms with Gasteiger partial charge in [-0.15, -0.1) is 0 Å². The molecule has 0 bridgehead atoms. The van der Waals surface area contributed by atoms with E-state index in [2.05, 4.69) is 0 Å². The molecule has 11 nitrogen and oxygen atoms in total. The molecule has 1 aromatic rings. The fourth-order valence-corrected chi connectivity index (χ4v) is 3.77. The number of alkyl halides is 1. The number of ether oxygens (including phenoxy) is 3. The smallest absolute Gasteiger partial charge is 0.338 e. The highest BCUT2D eigenvalue weighted by Gasteiger charge is 2.37. The average molecular weight is 470 g/mol. The third kappa shape index (κ3) is 8.31. The van der Waals surface area contributed by atoms with Gasteiger partial charge in [0.05, 0.1) is 17.1 Å². The molecule has 0 spiro atoms. The molecular weight excluding hydrogens is 439 g/mol. The standard InChI is InChI=1S/C13H15FN2O5.C8H16N2O2/c14-10-5-6-20-11(7-15)12(10)21-13(17)8-1-3-9(4-2-8)16(18)19;1-5(11)12-8-3-6(9)2-7(10)4-8/h1-4,10-12H,5-7,15H2;6-8H,2-4,9-10H2,1H3. The number of carbonyl (C=O) groups excluding carboxylic acids is 2. The Morgan fingerprint density at radius 3 is 2.27 bits per heavy atom. The number of nitro benzene ring substituents is 1. The van der Waals surface area contributed by atoms with Crippen LogP contribution in [-0.4, -0.2) is 66.6 Å². The van der Waals surface area contributed by atoms with Gasteiger partial charge in [0.25, 0.3) is 5.69 Å². The second-order valence-corrected chi connectivity index (χ2v) is 8.08. The molecule has 1 aliphatic heterocycles. The van der Waals surface area contributed by atoms with Crippen molar-refractivity contribution in [2.75, 3.05) is 13.2 Å². The van der Waals surface area contributed by atoms with Crippen molar-refractivity contribution in [3.05, 3.63) is 39.9 Å². The maximum atomic E-state index is 13.8. The summed E-state index contributed by atoms with van der Waals surface area (Å²) in [5, 5.41) is 10.5. The number of nitrogens with zero attached hydrogens (tertiary/aromatic N) is 1. The van der Waals surface area contributed by atoms with Gasteiger partial charge in [0.1, 0.15) is 18.4 Å². The molecular formula is C21H31FN4O7. The zero-order valence-electron chi connectivity index (χ0n) is 18.4. The number of hydrogen-bond donors (Lipinski definition) is 3. The van der Waals surface area contributed by atoms with Crippen LogP contribution in [0.3, 0.4) is 0 Å². The first-order valence-corrected chi connectivity index (χ1v) is 10.7. The summed E-state index contributed by atoms with van der Waals surface area (Å²) < 4.78 is 29.2. The van der Waals surface area contributed by atoms with Crippen molar-refractivity contribution in [1.82, 2.24) is 0 Å². The zero-order chi connectivity index (χ0) is 24.5. The highest BCUT2D eigenvalue weighted by Crippen LogP contribution is 2.22. The number of nitro groups is 1. The number of nitrogens with two attached hydrogens (primary N) is 3. The highest BCUT2D eigenvalue weighted by molar-refractivity contribution is 5.89. The number of halogens is 1. The first-order valence-electron chi connectivity index (χ1n) is 10.7. The predicted octanol–water partition coefficient (Wildman–Crippen LogP) is 0.963. The molecule has 1 heterocycles.